The van der Waals surface area contributed by atoms with Gasteiger partial charge in [0.15, 0.2) is 0 Å². The van der Waals surface area contributed by atoms with Crippen molar-refractivity contribution in [1.29, 1.82) is 0 Å². The first-order valence-corrected chi connectivity index (χ1v) is 8.40. The van der Waals surface area contributed by atoms with E-state index in [4.69, 9.17) is 23.2 Å². The van der Waals surface area contributed by atoms with Crippen LogP contribution in [0.25, 0.3) is 0 Å². The molecule has 0 aliphatic carbocycles. The Labute approximate surface area is 128 Å². The van der Waals surface area contributed by atoms with Gasteiger partial charge in [-0.25, -0.2) is 8.42 Å². The fraction of sp³-hybridized carbons (Fsp3) is 0.417. The molecule has 1 heterocycles. The van der Waals surface area contributed by atoms with E-state index >= 15 is 0 Å². The van der Waals surface area contributed by atoms with Crippen LogP contribution in [0.3, 0.4) is 0 Å². The summed E-state index contributed by atoms with van der Waals surface area (Å²) in [6.45, 7) is 1.18. The van der Waals surface area contributed by atoms with Gasteiger partial charge in [0.25, 0.3) is 0 Å². The molecule has 0 atom stereocenters. The van der Waals surface area contributed by atoms with Crippen molar-refractivity contribution in [3.8, 4) is 0 Å². The van der Waals surface area contributed by atoms with Crippen LogP contribution in [-0.2, 0) is 14.8 Å². The summed E-state index contributed by atoms with van der Waals surface area (Å²) in [5.41, 5.74) is 0. The van der Waals surface area contributed by atoms with E-state index in [1.807, 2.05) is 0 Å². The molecule has 0 spiro atoms. The Kier molecular flexibility index (Phi) is 4.90. The molecule has 0 aromatic heterocycles. The molecule has 0 saturated carbocycles. The molecule has 0 N–H and O–H groups in total. The first-order chi connectivity index (χ1) is 9.46. The van der Waals surface area contributed by atoms with Gasteiger partial charge in [0, 0.05) is 26.2 Å². The maximum atomic E-state index is 12.5. The molecule has 8 heteroatoms. The van der Waals surface area contributed by atoms with Crippen LogP contribution in [0.1, 0.15) is 0 Å². The molecule has 1 aromatic rings. The Morgan fingerprint density at radius 3 is 2.30 bits per heavy atom. The molecule has 0 unspecified atom stereocenters. The molecular weight excluding hydrogens is 323 g/mol. The first kappa shape index (κ1) is 15.6. The number of halogens is 2. The third-order valence-electron chi connectivity index (χ3n) is 3.16. The highest BCUT2D eigenvalue weighted by atomic mass is 35.5. The van der Waals surface area contributed by atoms with Crippen LogP contribution >= 0.6 is 23.2 Å². The predicted octanol–water partition coefficient (Wildman–Crippen LogP) is 1.41. The molecule has 1 aromatic carbocycles. The number of rotatable bonds is 3. The van der Waals surface area contributed by atoms with E-state index < -0.39 is 10.0 Å². The van der Waals surface area contributed by atoms with Gasteiger partial charge < -0.3 is 4.90 Å². The summed E-state index contributed by atoms with van der Waals surface area (Å²) in [4.78, 5) is 13.1. The van der Waals surface area contributed by atoms with Gasteiger partial charge in [-0.2, -0.15) is 4.31 Å². The number of hydrogen-bond donors (Lipinski definition) is 0. The number of nitrogens with zero attached hydrogens (tertiary/aromatic N) is 2. The van der Waals surface area contributed by atoms with Gasteiger partial charge in [0.05, 0.1) is 5.02 Å². The number of sulfonamides is 1. The molecule has 5 nitrogen and oxygen atoms in total. The van der Waals surface area contributed by atoms with Crippen LogP contribution in [0.5, 0.6) is 0 Å². The minimum absolute atomic E-state index is 0.0860. The molecule has 0 radical (unpaired) electrons. The van der Waals surface area contributed by atoms with Crippen molar-refractivity contribution >= 4 is 39.1 Å². The number of amides is 1. The number of piperazine rings is 1. The minimum Gasteiger partial charge on any atom is -0.339 e. The molecule has 1 saturated heterocycles. The summed E-state index contributed by atoms with van der Waals surface area (Å²) in [7, 11) is -3.62. The van der Waals surface area contributed by atoms with E-state index in [9.17, 15) is 13.2 Å². The van der Waals surface area contributed by atoms with Gasteiger partial charge >= 0.3 is 0 Å². The summed E-state index contributed by atoms with van der Waals surface area (Å²) in [6, 6.07) is 6.33. The highest BCUT2D eigenvalue weighted by molar-refractivity contribution is 7.89. The Morgan fingerprint density at radius 2 is 1.75 bits per heavy atom. The zero-order valence-corrected chi connectivity index (χ0v) is 13.0. The van der Waals surface area contributed by atoms with Crippen LogP contribution < -0.4 is 0 Å². The molecule has 1 amide bonds. The summed E-state index contributed by atoms with van der Waals surface area (Å²) >= 11 is 11.4. The SMILES string of the molecule is O=C(CCl)N1CCN(S(=O)(=O)c2ccccc2Cl)CC1. The zero-order valence-electron chi connectivity index (χ0n) is 10.6. The zero-order chi connectivity index (χ0) is 14.8. The Balaban J connectivity index is 2.14. The molecule has 0 bridgehead atoms. The second-order valence-corrected chi connectivity index (χ2v) is 6.93. The Bertz CT molecular complexity index is 598. The minimum atomic E-state index is -3.62. The predicted molar refractivity (Wildman–Crippen MR) is 77.5 cm³/mol. The van der Waals surface area contributed by atoms with Gasteiger partial charge in [0.2, 0.25) is 15.9 Å². The number of carbonyl (C=O) groups is 1. The van der Waals surface area contributed by atoms with Gasteiger partial charge in [-0.15, -0.1) is 11.6 Å². The molecule has 2 rings (SSSR count). The molecule has 110 valence electrons. The monoisotopic (exact) mass is 336 g/mol. The highest BCUT2D eigenvalue weighted by Gasteiger charge is 2.30. The number of alkyl halides is 1. The number of benzene rings is 1. The van der Waals surface area contributed by atoms with Crippen molar-refractivity contribution in [2.24, 2.45) is 0 Å². The van der Waals surface area contributed by atoms with Crippen molar-refractivity contribution in [2.75, 3.05) is 32.1 Å². The van der Waals surface area contributed by atoms with E-state index in [0.29, 0.717) is 13.1 Å². The van der Waals surface area contributed by atoms with Crippen molar-refractivity contribution in [3.05, 3.63) is 29.3 Å². The van der Waals surface area contributed by atoms with E-state index in [-0.39, 0.29) is 34.8 Å². The van der Waals surface area contributed by atoms with E-state index in [1.54, 1.807) is 23.1 Å². The van der Waals surface area contributed by atoms with Crippen LogP contribution in [-0.4, -0.2) is 55.6 Å². The lowest BCUT2D eigenvalue weighted by atomic mass is 10.3. The highest BCUT2D eigenvalue weighted by Crippen LogP contribution is 2.24. The maximum Gasteiger partial charge on any atom is 0.244 e. The van der Waals surface area contributed by atoms with Gasteiger partial charge in [-0.3, -0.25) is 4.79 Å². The smallest absolute Gasteiger partial charge is 0.244 e. The van der Waals surface area contributed by atoms with Crippen LogP contribution in [0.4, 0.5) is 0 Å². The topological polar surface area (TPSA) is 57.7 Å². The summed E-state index contributed by atoms with van der Waals surface area (Å²) in [5, 5.41) is 0.201. The largest absolute Gasteiger partial charge is 0.339 e. The quantitative estimate of drug-likeness (QED) is 0.784. The number of carbonyl (C=O) groups excluding carboxylic acids is 1. The van der Waals surface area contributed by atoms with Crippen molar-refractivity contribution in [1.82, 2.24) is 9.21 Å². The second-order valence-electron chi connectivity index (χ2n) is 4.35. The van der Waals surface area contributed by atoms with Crippen molar-refractivity contribution < 1.29 is 13.2 Å². The molecular formula is C12H14Cl2N2O3S. The molecule has 20 heavy (non-hydrogen) atoms. The summed E-state index contributed by atoms with van der Waals surface area (Å²) in [5.74, 6) is -0.265. The average Bonchev–Trinajstić information content (AvgIpc) is 2.47. The van der Waals surface area contributed by atoms with Crippen LogP contribution in [0.15, 0.2) is 29.2 Å². The molecule has 1 aliphatic heterocycles. The summed E-state index contributed by atoms with van der Waals surface area (Å²) < 4.78 is 26.3. The van der Waals surface area contributed by atoms with Crippen molar-refractivity contribution in [2.45, 2.75) is 4.90 Å². The lowest BCUT2D eigenvalue weighted by molar-refractivity contribution is -0.129. The lowest BCUT2D eigenvalue weighted by Gasteiger charge is -2.33. The van der Waals surface area contributed by atoms with E-state index in [0.717, 1.165) is 0 Å². The molecule has 1 fully saturated rings. The third kappa shape index (κ3) is 3.09. The normalized spacial score (nSPS) is 17.2. The van der Waals surface area contributed by atoms with Crippen LogP contribution in [0, 0.1) is 0 Å². The number of hydrogen-bond acceptors (Lipinski definition) is 3. The Morgan fingerprint density at radius 1 is 1.15 bits per heavy atom. The Hall–Kier alpha value is -0.820. The standard InChI is InChI=1S/C12H14Cl2N2O3S/c13-9-12(17)15-5-7-16(8-6-15)20(18,19)11-4-2-1-3-10(11)14/h1-4H,5-9H2. The van der Waals surface area contributed by atoms with Gasteiger partial charge in [0.1, 0.15) is 10.8 Å². The fourth-order valence-electron chi connectivity index (χ4n) is 2.06. The van der Waals surface area contributed by atoms with Crippen LogP contribution in [0.2, 0.25) is 5.02 Å². The average molecular weight is 337 g/mol. The maximum absolute atomic E-state index is 12.5. The fourth-order valence-corrected chi connectivity index (χ4v) is 4.14. The second kappa shape index (κ2) is 6.30. The van der Waals surface area contributed by atoms with Crippen molar-refractivity contribution in [3.63, 3.8) is 0 Å². The van der Waals surface area contributed by atoms with Gasteiger partial charge in [-0.1, -0.05) is 23.7 Å². The summed E-state index contributed by atoms with van der Waals surface area (Å²) in [6.07, 6.45) is 0. The van der Waals surface area contributed by atoms with E-state index in [1.165, 1.54) is 10.4 Å². The molecule has 1 aliphatic rings. The van der Waals surface area contributed by atoms with Gasteiger partial charge in [-0.05, 0) is 12.1 Å². The first-order valence-electron chi connectivity index (χ1n) is 6.05. The third-order valence-corrected chi connectivity index (χ3v) is 5.79. The lowest BCUT2D eigenvalue weighted by Crippen LogP contribution is -2.50. The van der Waals surface area contributed by atoms with E-state index in [2.05, 4.69) is 0 Å².